The highest BCUT2D eigenvalue weighted by molar-refractivity contribution is 5.88. The number of anilines is 1. The molecule has 1 aromatic heterocycles. The minimum atomic E-state index is -0.155. The number of ether oxygens (including phenoxy) is 2. The van der Waals surface area contributed by atoms with Gasteiger partial charge in [-0.2, -0.15) is 0 Å². The number of rotatable bonds is 4. The fourth-order valence-corrected chi connectivity index (χ4v) is 2.52. The molecule has 0 aliphatic carbocycles. The first-order chi connectivity index (χ1) is 11.2. The molecule has 0 fully saturated rings. The second-order valence-corrected chi connectivity index (χ2v) is 4.97. The molecule has 0 bridgehead atoms. The van der Waals surface area contributed by atoms with Crippen LogP contribution in [0.5, 0.6) is 11.5 Å². The Balaban J connectivity index is 2.27. The molecule has 5 nitrogen and oxygen atoms in total. The Bertz CT molecular complexity index is 915. The second kappa shape index (κ2) is 6.04. The summed E-state index contributed by atoms with van der Waals surface area (Å²) in [5.41, 5.74) is 7.21. The molecule has 5 heteroatoms. The van der Waals surface area contributed by atoms with Crippen molar-refractivity contribution < 1.29 is 13.9 Å². The molecule has 23 heavy (non-hydrogen) atoms. The van der Waals surface area contributed by atoms with Crippen molar-refractivity contribution in [1.82, 2.24) is 0 Å². The highest BCUT2D eigenvalue weighted by Crippen LogP contribution is 2.38. The molecule has 0 amide bonds. The monoisotopic (exact) mass is 311 g/mol. The van der Waals surface area contributed by atoms with Crippen molar-refractivity contribution in [1.29, 1.82) is 0 Å². The van der Waals surface area contributed by atoms with Gasteiger partial charge in [-0.15, -0.1) is 0 Å². The molecule has 0 saturated heterocycles. The lowest BCUT2D eigenvalue weighted by Crippen LogP contribution is -2.03. The van der Waals surface area contributed by atoms with Crippen LogP contribution in [0.3, 0.4) is 0 Å². The first-order valence-electron chi connectivity index (χ1n) is 7.28. The first kappa shape index (κ1) is 15.0. The Kier molecular flexibility index (Phi) is 3.93. The van der Waals surface area contributed by atoms with E-state index in [2.05, 4.69) is 0 Å². The highest BCUT2D eigenvalue weighted by Gasteiger charge is 2.16. The molecular formula is C18H17NO4. The van der Waals surface area contributed by atoms with Crippen LogP contribution in [0.2, 0.25) is 0 Å². The quantitative estimate of drug-likeness (QED) is 0.747. The van der Waals surface area contributed by atoms with Gasteiger partial charge in [-0.3, -0.25) is 4.79 Å². The number of fused-ring (bicyclic) bond motifs is 1. The van der Waals surface area contributed by atoms with E-state index in [9.17, 15) is 4.79 Å². The van der Waals surface area contributed by atoms with Gasteiger partial charge in [-0.25, -0.2) is 0 Å². The molecule has 0 aliphatic heterocycles. The molecule has 0 unspecified atom stereocenters. The van der Waals surface area contributed by atoms with E-state index in [0.29, 0.717) is 46.1 Å². The lowest BCUT2D eigenvalue weighted by molar-refractivity contribution is 0.311. The maximum absolute atomic E-state index is 12.3. The van der Waals surface area contributed by atoms with Gasteiger partial charge in [0.25, 0.3) is 0 Å². The van der Waals surface area contributed by atoms with Crippen LogP contribution in [0.25, 0.3) is 22.3 Å². The van der Waals surface area contributed by atoms with Crippen LogP contribution in [0.4, 0.5) is 5.69 Å². The van der Waals surface area contributed by atoms with Crippen LogP contribution in [0.15, 0.2) is 51.7 Å². The SMILES string of the molecule is CCOc1cccc(-c2cc(=O)c3cccc(N)c3o2)c1OC. The second-order valence-electron chi connectivity index (χ2n) is 4.97. The third-order valence-electron chi connectivity index (χ3n) is 3.53. The highest BCUT2D eigenvalue weighted by atomic mass is 16.5. The fraction of sp³-hybridized carbons (Fsp3) is 0.167. The van der Waals surface area contributed by atoms with E-state index in [0.717, 1.165) is 0 Å². The average molecular weight is 311 g/mol. The van der Waals surface area contributed by atoms with Gasteiger partial charge in [-0.1, -0.05) is 12.1 Å². The third kappa shape index (κ3) is 2.61. The topological polar surface area (TPSA) is 74.7 Å². The Morgan fingerprint density at radius 3 is 2.70 bits per heavy atom. The van der Waals surface area contributed by atoms with Crippen LogP contribution in [-0.2, 0) is 0 Å². The van der Waals surface area contributed by atoms with Crippen LogP contribution in [-0.4, -0.2) is 13.7 Å². The van der Waals surface area contributed by atoms with E-state index in [1.807, 2.05) is 19.1 Å². The van der Waals surface area contributed by atoms with Gasteiger partial charge in [0.2, 0.25) is 0 Å². The lowest BCUT2D eigenvalue weighted by Gasteiger charge is -2.13. The summed E-state index contributed by atoms with van der Waals surface area (Å²) >= 11 is 0. The fourth-order valence-electron chi connectivity index (χ4n) is 2.52. The predicted octanol–water partition coefficient (Wildman–Crippen LogP) is 3.45. The molecule has 3 rings (SSSR count). The standard InChI is InChI=1S/C18H17NO4/c1-3-22-15-9-5-7-12(18(15)21-2)16-10-14(20)11-6-4-8-13(19)17(11)23-16/h4-10H,3,19H2,1-2H3. The van der Waals surface area contributed by atoms with Crippen molar-refractivity contribution in [3.05, 3.63) is 52.7 Å². The number of hydrogen-bond donors (Lipinski definition) is 1. The van der Waals surface area contributed by atoms with Crippen LogP contribution < -0.4 is 20.6 Å². The molecule has 0 saturated carbocycles. The average Bonchev–Trinajstić information content (AvgIpc) is 2.56. The summed E-state index contributed by atoms with van der Waals surface area (Å²) in [5, 5.41) is 0.452. The van der Waals surface area contributed by atoms with E-state index in [1.165, 1.54) is 6.07 Å². The van der Waals surface area contributed by atoms with Crippen LogP contribution >= 0.6 is 0 Å². The molecule has 0 atom stereocenters. The van der Waals surface area contributed by atoms with Gasteiger partial charge in [0, 0.05) is 6.07 Å². The van der Waals surface area contributed by atoms with Gasteiger partial charge < -0.3 is 19.6 Å². The summed E-state index contributed by atoms with van der Waals surface area (Å²) in [6.07, 6.45) is 0. The van der Waals surface area contributed by atoms with Crippen molar-refractivity contribution in [2.45, 2.75) is 6.92 Å². The van der Waals surface area contributed by atoms with E-state index in [-0.39, 0.29) is 5.43 Å². The van der Waals surface area contributed by atoms with Gasteiger partial charge in [-0.05, 0) is 31.2 Å². The van der Waals surface area contributed by atoms with Gasteiger partial charge in [0.15, 0.2) is 22.5 Å². The largest absolute Gasteiger partial charge is 0.492 e. The maximum atomic E-state index is 12.3. The maximum Gasteiger partial charge on any atom is 0.193 e. The summed E-state index contributed by atoms with van der Waals surface area (Å²) in [5.74, 6) is 1.50. The summed E-state index contributed by atoms with van der Waals surface area (Å²) in [6, 6.07) is 12.0. The Morgan fingerprint density at radius 2 is 1.96 bits per heavy atom. The smallest absolute Gasteiger partial charge is 0.193 e. The van der Waals surface area contributed by atoms with Crippen molar-refractivity contribution >= 4 is 16.7 Å². The normalized spacial score (nSPS) is 10.7. The third-order valence-corrected chi connectivity index (χ3v) is 3.53. The number of nitrogens with two attached hydrogens (primary N) is 1. The summed E-state index contributed by atoms with van der Waals surface area (Å²) in [4.78, 5) is 12.3. The number of para-hydroxylation sites is 2. The minimum Gasteiger partial charge on any atom is -0.492 e. The summed E-state index contributed by atoms with van der Waals surface area (Å²) in [7, 11) is 1.55. The van der Waals surface area contributed by atoms with E-state index >= 15 is 0 Å². The van der Waals surface area contributed by atoms with Crippen molar-refractivity contribution in [2.24, 2.45) is 0 Å². The predicted molar refractivity (Wildman–Crippen MR) is 90.1 cm³/mol. The van der Waals surface area contributed by atoms with Crippen LogP contribution in [0.1, 0.15) is 6.92 Å². The molecule has 0 spiro atoms. The van der Waals surface area contributed by atoms with E-state index in [1.54, 1.807) is 31.4 Å². The zero-order chi connectivity index (χ0) is 16.4. The molecule has 0 radical (unpaired) electrons. The van der Waals surface area contributed by atoms with Gasteiger partial charge >= 0.3 is 0 Å². The number of methoxy groups -OCH3 is 1. The Hall–Kier alpha value is -2.95. The molecule has 2 N–H and O–H groups in total. The molecule has 2 aromatic carbocycles. The van der Waals surface area contributed by atoms with Crippen molar-refractivity contribution in [3.63, 3.8) is 0 Å². The van der Waals surface area contributed by atoms with E-state index < -0.39 is 0 Å². The van der Waals surface area contributed by atoms with Crippen molar-refractivity contribution in [3.8, 4) is 22.8 Å². The first-order valence-corrected chi connectivity index (χ1v) is 7.28. The zero-order valence-corrected chi connectivity index (χ0v) is 13.0. The summed E-state index contributed by atoms with van der Waals surface area (Å²) < 4.78 is 16.9. The van der Waals surface area contributed by atoms with E-state index in [4.69, 9.17) is 19.6 Å². The number of benzene rings is 2. The summed E-state index contributed by atoms with van der Waals surface area (Å²) in [6.45, 7) is 2.40. The molecular weight excluding hydrogens is 294 g/mol. The van der Waals surface area contributed by atoms with Gasteiger partial charge in [0.05, 0.1) is 30.4 Å². The molecule has 1 heterocycles. The van der Waals surface area contributed by atoms with Crippen molar-refractivity contribution in [2.75, 3.05) is 19.5 Å². The molecule has 0 aliphatic rings. The Labute approximate surface area is 133 Å². The number of hydrogen-bond acceptors (Lipinski definition) is 5. The molecule has 118 valence electrons. The zero-order valence-electron chi connectivity index (χ0n) is 13.0. The lowest BCUT2D eigenvalue weighted by atomic mass is 10.1. The number of nitrogen functional groups attached to an aromatic ring is 1. The van der Waals surface area contributed by atoms with Gasteiger partial charge in [0.1, 0.15) is 5.76 Å². The minimum absolute atomic E-state index is 0.155. The Morgan fingerprint density at radius 1 is 1.17 bits per heavy atom. The van der Waals surface area contributed by atoms with Crippen LogP contribution in [0, 0.1) is 0 Å². The molecule has 3 aromatic rings.